The molecule has 1 rings (SSSR count). The van der Waals surface area contributed by atoms with Gasteiger partial charge < -0.3 is 10.8 Å². The molecule has 7 heteroatoms. The van der Waals surface area contributed by atoms with Crippen LogP contribution in [0.3, 0.4) is 0 Å². The zero-order valence-corrected chi connectivity index (χ0v) is 10.9. The summed E-state index contributed by atoms with van der Waals surface area (Å²) in [6, 6.07) is 3.39. The number of aliphatic hydroxyl groups excluding tert-OH is 1. The van der Waals surface area contributed by atoms with Crippen LogP contribution >= 0.6 is 0 Å². The van der Waals surface area contributed by atoms with Crippen LogP contribution in [0.1, 0.15) is 13.3 Å². The average Bonchev–Trinajstić information content (AvgIpc) is 2.30. The van der Waals surface area contributed by atoms with Crippen LogP contribution in [0.25, 0.3) is 0 Å². The third-order valence-corrected chi connectivity index (χ3v) is 3.93. The third kappa shape index (κ3) is 3.94. The summed E-state index contributed by atoms with van der Waals surface area (Å²) < 4.78 is 39.4. The number of halogens is 1. The van der Waals surface area contributed by atoms with E-state index < -0.39 is 20.7 Å². The van der Waals surface area contributed by atoms with Crippen LogP contribution in [-0.2, 0) is 10.0 Å². The molecule has 0 amide bonds. The summed E-state index contributed by atoms with van der Waals surface area (Å²) >= 11 is 0. The molecule has 0 heterocycles. The zero-order valence-electron chi connectivity index (χ0n) is 10.1. The van der Waals surface area contributed by atoms with Gasteiger partial charge in [0.05, 0.1) is 0 Å². The van der Waals surface area contributed by atoms with Gasteiger partial charge in [-0.05, 0) is 30.5 Å². The molecule has 1 aromatic rings. The lowest BCUT2D eigenvalue weighted by Gasteiger charge is -2.12. The molecule has 0 fully saturated rings. The molecule has 1 aromatic carbocycles. The summed E-state index contributed by atoms with van der Waals surface area (Å²) in [7, 11) is -3.91. The van der Waals surface area contributed by atoms with Gasteiger partial charge in [-0.2, -0.15) is 0 Å². The second-order valence-corrected chi connectivity index (χ2v) is 5.89. The highest BCUT2D eigenvalue weighted by Gasteiger charge is 2.19. The van der Waals surface area contributed by atoms with Gasteiger partial charge in [0, 0.05) is 18.8 Å². The van der Waals surface area contributed by atoms with Crippen LogP contribution in [0.15, 0.2) is 23.1 Å². The molecule has 0 saturated heterocycles. The highest BCUT2D eigenvalue weighted by molar-refractivity contribution is 7.89. The van der Waals surface area contributed by atoms with Crippen LogP contribution in [0.5, 0.6) is 0 Å². The summed E-state index contributed by atoms with van der Waals surface area (Å²) in [4.78, 5) is -0.460. The minimum absolute atomic E-state index is 0.0183. The van der Waals surface area contributed by atoms with Gasteiger partial charge in [-0.1, -0.05) is 6.92 Å². The van der Waals surface area contributed by atoms with Gasteiger partial charge in [0.1, 0.15) is 10.7 Å². The zero-order chi connectivity index (χ0) is 13.8. The van der Waals surface area contributed by atoms with Crippen LogP contribution in [0.2, 0.25) is 0 Å². The minimum Gasteiger partial charge on any atom is -0.399 e. The number of nitrogens with two attached hydrogens (primary N) is 1. The van der Waals surface area contributed by atoms with E-state index in [9.17, 15) is 12.8 Å². The quantitative estimate of drug-likeness (QED) is 0.667. The van der Waals surface area contributed by atoms with E-state index in [1.807, 2.05) is 0 Å². The Morgan fingerprint density at radius 3 is 2.78 bits per heavy atom. The van der Waals surface area contributed by atoms with Crippen molar-refractivity contribution in [1.82, 2.24) is 4.72 Å². The molecule has 1 unspecified atom stereocenters. The van der Waals surface area contributed by atoms with Gasteiger partial charge in [0.2, 0.25) is 10.0 Å². The molecule has 1 atom stereocenters. The molecule has 0 bridgehead atoms. The maximum Gasteiger partial charge on any atom is 0.243 e. The topological polar surface area (TPSA) is 92.4 Å². The van der Waals surface area contributed by atoms with Crippen molar-refractivity contribution in [1.29, 1.82) is 0 Å². The van der Waals surface area contributed by atoms with Crippen LogP contribution < -0.4 is 10.5 Å². The fourth-order valence-electron chi connectivity index (χ4n) is 1.38. The number of rotatable bonds is 6. The lowest BCUT2D eigenvalue weighted by Crippen LogP contribution is -2.29. The van der Waals surface area contributed by atoms with Crippen molar-refractivity contribution in [2.24, 2.45) is 5.92 Å². The highest BCUT2D eigenvalue weighted by Crippen LogP contribution is 2.17. The summed E-state index contributed by atoms with van der Waals surface area (Å²) in [5.41, 5.74) is 5.62. The van der Waals surface area contributed by atoms with E-state index >= 15 is 0 Å². The Morgan fingerprint density at radius 1 is 1.50 bits per heavy atom. The number of nitrogens with one attached hydrogen (secondary N) is 1. The van der Waals surface area contributed by atoms with Crippen molar-refractivity contribution >= 4 is 15.7 Å². The molecule has 0 aliphatic rings. The van der Waals surface area contributed by atoms with Gasteiger partial charge in [-0.15, -0.1) is 0 Å². The predicted molar refractivity (Wildman–Crippen MR) is 66.9 cm³/mol. The van der Waals surface area contributed by atoms with E-state index in [0.29, 0.717) is 6.42 Å². The number of aliphatic hydroxyl groups is 1. The molecular formula is C11H17FN2O3S. The molecule has 0 spiro atoms. The van der Waals surface area contributed by atoms with Crippen molar-refractivity contribution in [3.63, 3.8) is 0 Å². The minimum atomic E-state index is -3.91. The van der Waals surface area contributed by atoms with Crippen molar-refractivity contribution in [3.8, 4) is 0 Å². The first-order chi connectivity index (χ1) is 8.36. The van der Waals surface area contributed by atoms with E-state index in [-0.39, 0.29) is 24.8 Å². The number of benzene rings is 1. The maximum absolute atomic E-state index is 13.4. The van der Waals surface area contributed by atoms with E-state index in [1.165, 1.54) is 6.07 Å². The molecule has 4 N–H and O–H groups in total. The van der Waals surface area contributed by atoms with Gasteiger partial charge in [-0.25, -0.2) is 17.5 Å². The number of nitrogen functional groups attached to an aromatic ring is 1. The molecule has 0 saturated carbocycles. The molecule has 0 aliphatic carbocycles. The lowest BCUT2D eigenvalue weighted by molar-refractivity contribution is 0.263. The number of sulfonamides is 1. The van der Waals surface area contributed by atoms with Gasteiger partial charge >= 0.3 is 0 Å². The second kappa shape index (κ2) is 6.12. The van der Waals surface area contributed by atoms with Gasteiger partial charge in [-0.3, -0.25) is 0 Å². The first-order valence-electron chi connectivity index (χ1n) is 5.52. The maximum atomic E-state index is 13.4. The summed E-state index contributed by atoms with van der Waals surface area (Å²) in [5, 5.41) is 8.71. The number of hydrogen-bond acceptors (Lipinski definition) is 4. The Labute approximate surface area is 106 Å². The Balaban J connectivity index is 2.83. The van der Waals surface area contributed by atoms with Crippen molar-refractivity contribution in [2.45, 2.75) is 18.2 Å². The van der Waals surface area contributed by atoms with Crippen LogP contribution in [0.4, 0.5) is 10.1 Å². The van der Waals surface area contributed by atoms with E-state index in [2.05, 4.69) is 4.72 Å². The summed E-state index contributed by atoms with van der Waals surface area (Å²) in [5.74, 6) is -0.875. The molecule has 5 nitrogen and oxygen atoms in total. The highest BCUT2D eigenvalue weighted by atomic mass is 32.2. The monoisotopic (exact) mass is 276 g/mol. The average molecular weight is 276 g/mol. The standard InChI is InChI=1S/C11H17FN2O3S/c1-8(4-5-15)7-14-18(16,17)11-6-9(13)2-3-10(11)12/h2-3,6,8,14-15H,4-5,7,13H2,1H3. The van der Waals surface area contributed by atoms with E-state index in [4.69, 9.17) is 10.8 Å². The molecule has 0 aromatic heterocycles. The van der Waals surface area contributed by atoms with E-state index in [0.717, 1.165) is 12.1 Å². The molecule has 102 valence electrons. The van der Waals surface area contributed by atoms with Crippen molar-refractivity contribution < 1.29 is 17.9 Å². The third-order valence-electron chi connectivity index (χ3n) is 2.49. The fraction of sp³-hybridized carbons (Fsp3) is 0.455. The van der Waals surface area contributed by atoms with E-state index in [1.54, 1.807) is 6.92 Å². The Morgan fingerprint density at radius 2 is 2.17 bits per heavy atom. The van der Waals surface area contributed by atoms with Crippen LogP contribution in [-0.4, -0.2) is 26.7 Å². The van der Waals surface area contributed by atoms with Crippen LogP contribution in [0, 0.1) is 11.7 Å². The summed E-state index contributed by atoms with van der Waals surface area (Å²) in [6.45, 7) is 1.90. The molecule has 0 radical (unpaired) electrons. The SMILES string of the molecule is CC(CCO)CNS(=O)(=O)c1cc(N)ccc1F. The normalized spacial score (nSPS) is 13.5. The Hall–Kier alpha value is -1.18. The lowest BCUT2D eigenvalue weighted by atomic mass is 10.1. The first-order valence-corrected chi connectivity index (χ1v) is 7.00. The largest absolute Gasteiger partial charge is 0.399 e. The summed E-state index contributed by atoms with van der Waals surface area (Å²) in [6.07, 6.45) is 0.474. The number of hydrogen-bond donors (Lipinski definition) is 3. The molecule has 0 aliphatic heterocycles. The molecule has 18 heavy (non-hydrogen) atoms. The van der Waals surface area contributed by atoms with Crippen molar-refractivity contribution in [3.05, 3.63) is 24.0 Å². The smallest absolute Gasteiger partial charge is 0.243 e. The first kappa shape index (κ1) is 14.9. The molecular weight excluding hydrogens is 259 g/mol. The second-order valence-electron chi connectivity index (χ2n) is 4.16. The number of anilines is 1. The van der Waals surface area contributed by atoms with Crippen molar-refractivity contribution in [2.75, 3.05) is 18.9 Å². The Kier molecular flexibility index (Phi) is 5.06. The fourth-order valence-corrected chi connectivity index (χ4v) is 2.65. The van der Waals surface area contributed by atoms with Gasteiger partial charge in [0.15, 0.2) is 0 Å². The Bertz CT molecular complexity index is 505. The predicted octanol–water partition coefficient (Wildman–Crippen LogP) is 0.705. The van der Waals surface area contributed by atoms with Gasteiger partial charge in [0.25, 0.3) is 0 Å².